The quantitative estimate of drug-likeness (QED) is 0.712. The van der Waals surface area contributed by atoms with Gasteiger partial charge in [-0.05, 0) is 52.2 Å². The van der Waals surface area contributed by atoms with E-state index in [2.05, 4.69) is 23.8 Å². The van der Waals surface area contributed by atoms with Gasteiger partial charge in [0.25, 0.3) is 0 Å². The fourth-order valence-electron chi connectivity index (χ4n) is 3.53. The van der Waals surface area contributed by atoms with Crippen LogP contribution in [0.3, 0.4) is 0 Å². The molecule has 2 fully saturated rings. The van der Waals surface area contributed by atoms with Gasteiger partial charge in [0.05, 0.1) is 13.5 Å². The first-order valence-corrected chi connectivity index (χ1v) is 7.13. The van der Waals surface area contributed by atoms with Crippen LogP contribution in [0.15, 0.2) is 0 Å². The molecule has 0 amide bonds. The first-order chi connectivity index (χ1) is 8.61. The maximum atomic E-state index is 11.3. The molecule has 0 aromatic rings. The Morgan fingerprint density at radius 3 is 2.89 bits per heavy atom. The lowest BCUT2D eigenvalue weighted by molar-refractivity contribution is -0.142. The summed E-state index contributed by atoms with van der Waals surface area (Å²) in [7, 11) is 3.72. The summed E-state index contributed by atoms with van der Waals surface area (Å²) in [6.45, 7) is 5.65. The summed E-state index contributed by atoms with van der Waals surface area (Å²) < 4.78 is 4.76. The Morgan fingerprint density at radius 2 is 2.17 bits per heavy atom. The molecule has 3 unspecified atom stereocenters. The molecular formula is C14H26N2O2. The van der Waals surface area contributed by atoms with Gasteiger partial charge in [-0.2, -0.15) is 0 Å². The van der Waals surface area contributed by atoms with Crippen molar-refractivity contribution in [1.82, 2.24) is 9.80 Å². The Hall–Kier alpha value is -0.610. The number of methoxy groups -OCH3 is 1. The van der Waals surface area contributed by atoms with Crippen molar-refractivity contribution >= 4 is 5.97 Å². The van der Waals surface area contributed by atoms with E-state index in [0.717, 1.165) is 25.0 Å². The van der Waals surface area contributed by atoms with Gasteiger partial charge in [0.15, 0.2) is 0 Å². The zero-order chi connectivity index (χ0) is 13.1. The van der Waals surface area contributed by atoms with Crippen LogP contribution < -0.4 is 0 Å². The molecule has 4 heteroatoms. The molecule has 0 bridgehead atoms. The Labute approximate surface area is 110 Å². The highest BCUT2D eigenvalue weighted by Crippen LogP contribution is 2.30. The topological polar surface area (TPSA) is 32.8 Å². The van der Waals surface area contributed by atoms with Crippen LogP contribution in [0.4, 0.5) is 0 Å². The second kappa shape index (κ2) is 6.02. The van der Waals surface area contributed by atoms with Crippen molar-refractivity contribution in [3.63, 3.8) is 0 Å². The van der Waals surface area contributed by atoms with Gasteiger partial charge in [0.2, 0.25) is 0 Å². The minimum absolute atomic E-state index is 0.0922. The van der Waals surface area contributed by atoms with Gasteiger partial charge in [-0.3, -0.25) is 9.69 Å². The number of rotatable bonds is 3. The number of hydrogen-bond donors (Lipinski definition) is 0. The molecule has 2 aliphatic rings. The number of fused-ring (bicyclic) bond motifs is 1. The van der Waals surface area contributed by atoms with E-state index in [9.17, 15) is 4.79 Å². The summed E-state index contributed by atoms with van der Waals surface area (Å²) in [4.78, 5) is 16.3. The number of nitrogens with zero attached hydrogens (tertiary/aromatic N) is 2. The predicted octanol–water partition coefficient (Wildman–Crippen LogP) is 1.35. The van der Waals surface area contributed by atoms with Gasteiger partial charge in [-0.25, -0.2) is 0 Å². The van der Waals surface area contributed by atoms with Crippen LogP contribution in [-0.4, -0.2) is 61.6 Å². The molecule has 0 aromatic heterocycles. The molecule has 2 aliphatic heterocycles. The third kappa shape index (κ3) is 3.04. The van der Waals surface area contributed by atoms with Crippen molar-refractivity contribution in [2.24, 2.45) is 5.92 Å². The Bertz CT molecular complexity index is 296. The number of piperidine rings is 2. The number of carbonyl (C=O) groups excluding carboxylic acids is 1. The van der Waals surface area contributed by atoms with Gasteiger partial charge in [-0.1, -0.05) is 0 Å². The third-order valence-electron chi connectivity index (χ3n) is 4.69. The standard InChI is InChI=1S/C14H26N2O2/c1-11(9-14(17)18-3)16-8-6-13-12(10-16)5-4-7-15(13)2/h11-13H,4-10H2,1-3H3. The Morgan fingerprint density at radius 1 is 1.39 bits per heavy atom. The van der Waals surface area contributed by atoms with E-state index in [1.165, 1.54) is 32.9 Å². The van der Waals surface area contributed by atoms with E-state index in [-0.39, 0.29) is 5.97 Å². The van der Waals surface area contributed by atoms with Crippen molar-refractivity contribution in [3.8, 4) is 0 Å². The monoisotopic (exact) mass is 254 g/mol. The fraction of sp³-hybridized carbons (Fsp3) is 0.929. The molecular weight excluding hydrogens is 228 g/mol. The predicted molar refractivity (Wildman–Crippen MR) is 71.4 cm³/mol. The largest absolute Gasteiger partial charge is 0.469 e. The molecule has 4 nitrogen and oxygen atoms in total. The second-order valence-electron chi connectivity index (χ2n) is 5.86. The highest BCUT2D eigenvalue weighted by molar-refractivity contribution is 5.69. The lowest BCUT2D eigenvalue weighted by Gasteiger charge is -2.47. The SMILES string of the molecule is COC(=O)CC(C)N1CCC2C(CCCN2C)C1. The van der Waals surface area contributed by atoms with E-state index in [1.54, 1.807) is 0 Å². The lowest BCUT2D eigenvalue weighted by atomic mass is 9.83. The van der Waals surface area contributed by atoms with Crippen LogP contribution in [-0.2, 0) is 9.53 Å². The van der Waals surface area contributed by atoms with Crippen LogP contribution in [0, 0.1) is 5.92 Å². The third-order valence-corrected chi connectivity index (χ3v) is 4.69. The molecule has 2 rings (SSSR count). The Balaban J connectivity index is 1.88. The van der Waals surface area contributed by atoms with Crippen LogP contribution in [0.5, 0.6) is 0 Å². The van der Waals surface area contributed by atoms with E-state index in [1.807, 2.05) is 0 Å². The van der Waals surface area contributed by atoms with Gasteiger partial charge in [0, 0.05) is 18.6 Å². The minimum Gasteiger partial charge on any atom is -0.469 e. The molecule has 104 valence electrons. The van der Waals surface area contributed by atoms with Crippen molar-refractivity contribution in [2.45, 2.75) is 44.7 Å². The Kier molecular flexibility index (Phi) is 4.62. The van der Waals surface area contributed by atoms with Crippen molar-refractivity contribution in [3.05, 3.63) is 0 Å². The minimum atomic E-state index is -0.0922. The van der Waals surface area contributed by atoms with Crippen LogP contribution in [0.25, 0.3) is 0 Å². The average Bonchev–Trinajstić information content (AvgIpc) is 2.38. The van der Waals surface area contributed by atoms with Gasteiger partial charge in [-0.15, -0.1) is 0 Å². The molecule has 0 aromatic carbocycles. The van der Waals surface area contributed by atoms with E-state index < -0.39 is 0 Å². The summed E-state index contributed by atoms with van der Waals surface area (Å²) in [6.07, 6.45) is 4.42. The maximum absolute atomic E-state index is 11.3. The molecule has 0 N–H and O–H groups in total. The number of esters is 1. The molecule has 0 radical (unpaired) electrons. The van der Waals surface area contributed by atoms with E-state index in [4.69, 9.17) is 4.74 Å². The van der Waals surface area contributed by atoms with Gasteiger partial charge >= 0.3 is 5.97 Å². The van der Waals surface area contributed by atoms with E-state index in [0.29, 0.717) is 12.5 Å². The van der Waals surface area contributed by atoms with E-state index >= 15 is 0 Å². The number of ether oxygens (including phenoxy) is 1. The zero-order valence-electron chi connectivity index (χ0n) is 11.9. The average molecular weight is 254 g/mol. The summed E-state index contributed by atoms with van der Waals surface area (Å²) >= 11 is 0. The van der Waals surface area contributed by atoms with Crippen molar-refractivity contribution in [1.29, 1.82) is 0 Å². The first kappa shape index (κ1) is 13.8. The molecule has 2 heterocycles. The highest BCUT2D eigenvalue weighted by Gasteiger charge is 2.35. The summed E-state index contributed by atoms with van der Waals surface area (Å²) in [6, 6.07) is 1.07. The van der Waals surface area contributed by atoms with Gasteiger partial charge < -0.3 is 9.64 Å². The van der Waals surface area contributed by atoms with Crippen LogP contribution >= 0.6 is 0 Å². The summed E-state index contributed by atoms with van der Waals surface area (Å²) in [5.41, 5.74) is 0. The number of likely N-dealkylation sites (tertiary alicyclic amines) is 2. The highest BCUT2D eigenvalue weighted by atomic mass is 16.5. The zero-order valence-corrected chi connectivity index (χ0v) is 11.9. The molecule has 2 saturated heterocycles. The lowest BCUT2D eigenvalue weighted by Crippen LogP contribution is -2.54. The van der Waals surface area contributed by atoms with Crippen molar-refractivity contribution < 1.29 is 9.53 Å². The summed E-state index contributed by atoms with van der Waals surface area (Å²) in [5.74, 6) is 0.697. The molecule has 0 aliphatic carbocycles. The number of carbonyl (C=O) groups is 1. The van der Waals surface area contributed by atoms with Crippen LogP contribution in [0.2, 0.25) is 0 Å². The number of hydrogen-bond acceptors (Lipinski definition) is 4. The van der Waals surface area contributed by atoms with Gasteiger partial charge in [0.1, 0.15) is 0 Å². The smallest absolute Gasteiger partial charge is 0.307 e. The molecule has 18 heavy (non-hydrogen) atoms. The first-order valence-electron chi connectivity index (χ1n) is 7.13. The fourth-order valence-corrected chi connectivity index (χ4v) is 3.53. The van der Waals surface area contributed by atoms with Crippen molar-refractivity contribution in [2.75, 3.05) is 33.8 Å². The summed E-state index contributed by atoms with van der Waals surface area (Å²) in [5, 5.41) is 0. The maximum Gasteiger partial charge on any atom is 0.307 e. The normalized spacial score (nSPS) is 31.7. The molecule has 0 saturated carbocycles. The molecule has 3 atom stereocenters. The van der Waals surface area contributed by atoms with Crippen LogP contribution in [0.1, 0.15) is 32.6 Å². The second-order valence-corrected chi connectivity index (χ2v) is 5.86. The molecule has 0 spiro atoms.